The van der Waals surface area contributed by atoms with Gasteiger partial charge in [-0.05, 0) is 59.2 Å². The van der Waals surface area contributed by atoms with E-state index in [1.807, 2.05) is 0 Å². The molecule has 1 aromatic rings. The molecule has 0 spiro atoms. The van der Waals surface area contributed by atoms with Gasteiger partial charge in [0, 0.05) is 11.1 Å². The molecule has 0 radical (unpaired) electrons. The van der Waals surface area contributed by atoms with Crippen molar-refractivity contribution in [3.05, 3.63) is 33.8 Å². The Balaban J connectivity index is 2.28. The second-order valence-corrected chi connectivity index (χ2v) is 7.41. The number of nitrogens with two attached hydrogens (primary N) is 1. The molecule has 4 heteroatoms. The van der Waals surface area contributed by atoms with Crippen LogP contribution in [0.4, 0.5) is 8.78 Å². The van der Waals surface area contributed by atoms with Crippen molar-refractivity contribution in [3.63, 3.8) is 0 Å². The lowest BCUT2D eigenvalue weighted by Gasteiger charge is -2.42. The zero-order valence-electron chi connectivity index (χ0n) is 11.4. The van der Waals surface area contributed by atoms with E-state index < -0.39 is 17.2 Å². The Bertz CT molecular complexity index is 487. The van der Waals surface area contributed by atoms with E-state index in [1.54, 1.807) is 0 Å². The monoisotopic (exact) mass is 331 g/mol. The third kappa shape index (κ3) is 3.34. The molecule has 1 aromatic carbocycles. The summed E-state index contributed by atoms with van der Waals surface area (Å²) in [5.41, 5.74) is 6.15. The van der Waals surface area contributed by atoms with Crippen LogP contribution in [0.2, 0.25) is 0 Å². The molecule has 2 N–H and O–H groups in total. The highest BCUT2D eigenvalue weighted by Gasteiger charge is 2.38. The maximum atomic E-state index is 14.0. The Morgan fingerprint density at radius 1 is 1.26 bits per heavy atom. The van der Waals surface area contributed by atoms with E-state index in [0.717, 1.165) is 25.7 Å². The molecule has 1 fully saturated rings. The predicted octanol–water partition coefficient (Wildman–Crippen LogP) is 4.57. The minimum absolute atomic E-state index is 0.106. The number of hydrogen-bond acceptors (Lipinski definition) is 1. The van der Waals surface area contributed by atoms with Crippen LogP contribution in [0, 0.1) is 17.0 Å². The summed E-state index contributed by atoms with van der Waals surface area (Å²) >= 11 is 3.10. The summed E-state index contributed by atoms with van der Waals surface area (Å²) in [7, 11) is 0. The molecule has 1 unspecified atom stereocenters. The van der Waals surface area contributed by atoms with Crippen molar-refractivity contribution >= 4 is 15.9 Å². The van der Waals surface area contributed by atoms with E-state index in [-0.39, 0.29) is 17.4 Å². The summed E-state index contributed by atoms with van der Waals surface area (Å²) < 4.78 is 28.2. The first-order valence-electron chi connectivity index (χ1n) is 6.64. The molecule has 1 aliphatic carbocycles. The minimum atomic E-state index is -0.520. The van der Waals surface area contributed by atoms with Gasteiger partial charge in [-0.15, -0.1) is 0 Å². The van der Waals surface area contributed by atoms with Crippen LogP contribution in [0.15, 0.2) is 16.6 Å². The van der Waals surface area contributed by atoms with Crippen LogP contribution in [0.3, 0.4) is 0 Å². The normalized spacial score (nSPS) is 26.4. The Labute approximate surface area is 121 Å². The average molecular weight is 332 g/mol. The zero-order chi connectivity index (χ0) is 14.3. The lowest BCUT2D eigenvalue weighted by atomic mass is 9.66. The molecule has 2 rings (SSSR count). The molecule has 0 saturated heterocycles. The molecule has 1 aliphatic rings. The molecule has 1 saturated carbocycles. The van der Waals surface area contributed by atoms with Crippen molar-refractivity contribution in [2.45, 2.75) is 51.5 Å². The first kappa shape index (κ1) is 14.9. The average Bonchev–Trinajstić information content (AvgIpc) is 2.28. The number of rotatable bonds is 2. The standard InChI is InChI=1S/C15H20BrF2N/c1-14(2)6-3-7-15(19,9-14)8-10-12(17)5-4-11(16)13(10)18/h4-5H,3,6-9,19H2,1-2H3. The lowest BCUT2D eigenvalue weighted by molar-refractivity contribution is 0.149. The highest BCUT2D eigenvalue weighted by Crippen LogP contribution is 2.41. The summed E-state index contributed by atoms with van der Waals surface area (Å²) in [6.07, 6.45) is 4.01. The van der Waals surface area contributed by atoms with E-state index in [0.29, 0.717) is 4.47 Å². The van der Waals surface area contributed by atoms with Crippen LogP contribution in [0.1, 0.15) is 45.1 Å². The van der Waals surface area contributed by atoms with E-state index in [2.05, 4.69) is 29.8 Å². The Hall–Kier alpha value is -0.480. The van der Waals surface area contributed by atoms with Gasteiger partial charge in [0.05, 0.1) is 4.47 Å². The van der Waals surface area contributed by atoms with E-state index >= 15 is 0 Å². The summed E-state index contributed by atoms with van der Waals surface area (Å²) in [6, 6.07) is 2.68. The Morgan fingerprint density at radius 2 is 1.95 bits per heavy atom. The van der Waals surface area contributed by atoms with Crippen molar-refractivity contribution < 1.29 is 8.78 Å². The van der Waals surface area contributed by atoms with Crippen LogP contribution >= 0.6 is 15.9 Å². The second kappa shape index (κ2) is 5.13. The topological polar surface area (TPSA) is 26.0 Å². The quantitative estimate of drug-likeness (QED) is 0.789. The fourth-order valence-corrected chi connectivity index (χ4v) is 3.65. The molecule has 0 aromatic heterocycles. The van der Waals surface area contributed by atoms with Gasteiger partial charge >= 0.3 is 0 Å². The maximum absolute atomic E-state index is 14.0. The predicted molar refractivity (Wildman–Crippen MR) is 76.9 cm³/mol. The maximum Gasteiger partial charge on any atom is 0.143 e. The minimum Gasteiger partial charge on any atom is -0.325 e. The largest absolute Gasteiger partial charge is 0.325 e. The first-order valence-corrected chi connectivity index (χ1v) is 7.43. The smallest absolute Gasteiger partial charge is 0.143 e. The van der Waals surface area contributed by atoms with Gasteiger partial charge in [0.1, 0.15) is 11.6 Å². The molecule has 19 heavy (non-hydrogen) atoms. The van der Waals surface area contributed by atoms with Gasteiger partial charge in [-0.25, -0.2) is 8.78 Å². The number of hydrogen-bond donors (Lipinski definition) is 1. The van der Waals surface area contributed by atoms with Crippen LogP contribution in [-0.4, -0.2) is 5.54 Å². The van der Waals surface area contributed by atoms with Crippen LogP contribution in [0.25, 0.3) is 0 Å². The van der Waals surface area contributed by atoms with Crippen molar-refractivity contribution in [2.24, 2.45) is 11.1 Å². The van der Waals surface area contributed by atoms with E-state index in [1.165, 1.54) is 12.1 Å². The van der Waals surface area contributed by atoms with Crippen molar-refractivity contribution in [3.8, 4) is 0 Å². The molecule has 1 nitrogen and oxygen atoms in total. The third-order valence-electron chi connectivity index (χ3n) is 4.03. The van der Waals surface area contributed by atoms with Crippen molar-refractivity contribution in [2.75, 3.05) is 0 Å². The van der Waals surface area contributed by atoms with Gasteiger partial charge in [0.25, 0.3) is 0 Å². The van der Waals surface area contributed by atoms with Gasteiger partial charge in [0.15, 0.2) is 0 Å². The number of benzene rings is 1. The zero-order valence-corrected chi connectivity index (χ0v) is 13.0. The summed E-state index contributed by atoms with van der Waals surface area (Å²) in [6.45, 7) is 4.34. The highest BCUT2D eigenvalue weighted by atomic mass is 79.9. The summed E-state index contributed by atoms with van der Waals surface area (Å²) in [5.74, 6) is -1.03. The van der Waals surface area contributed by atoms with Gasteiger partial charge in [-0.2, -0.15) is 0 Å². The molecule has 0 amide bonds. The molecule has 1 atom stereocenters. The highest BCUT2D eigenvalue weighted by molar-refractivity contribution is 9.10. The SMILES string of the molecule is CC1(C)CCCC(N)(Cc2c(F)ccc(Br)c2F)C1. The van der Waals surface area contributed by atoms with Gasteiger partial charge in [-0.1, -0.05) is 20.3 Å². The molecular formula is C15H20BrF2N. The number of halogens is 3. The fraction of sp³-hybridized carbons (Fsp3) is 0.600. The molecule has 106 valence electrons. The fourth-order valence-electron chi connectivity index (χ4n) is 3.28. The van der Waals surface area contributed by atoms with Crippen LogP contribution in [0.5, 0.6) is 0 Å². The van der Waals surface area contributed by atoms with Gasteiger partial charge < -0.3 is 5.73 Å². The van der Waals surface area contributed by atoms with E-state index in [9.17, 15) is 8.78 Å². The van der Waals surface area contributed by atoms with Crippen LogP contribution < -0.4 is 5.73 Å². The molecule has 0 bridgehead atoms. The molecule has 0 heterocycles. The molecular weight excluding hydrogens is 312 g/mol. The van der Waals surface area contributed by atoms with Gasteiger partial charge in [0.2, 0.25) is 0 Å². The summed E-state index contributed by atoms with van der Waals surface area (Å²) in [5, 5.41) is 0. The van der Waals surface area contributed by atoms with Crippen LogP contribution in [-0.2, 0) is 6.42 Å². The lowest BCUT2D eigenvalue weighted by Crippen LogP contribution is -2.48. The first-order chi connectivity index (χ1) is 8.72. The van der Waals surface area contributed by atoms with Crippen molar-refractivity contribution in [1.82, 2.24) is 0 Å². The summed E-state index contributed by atoms with van der Waals surface area (Å²) in [4.78, 5) is 0. The van der Waals surface area contributed by atoms with Crippen molar-refractivity contribution in [1.29, 1.82) is 0 Å². The third-order valence-corrected chi connectivity index (χ3v) is 4.64. The van der Waals surface area contributed by atoms with Gasteiger partial charge in [-0.3, -0.25) is 0 Å². The molecule has 0 aliphatic heterocycles. The Kier molecular flexibility index (Phi) is 4.03. The van der Waals surface area contributed by atoms with E-state index in [4.69, 9.17) is 5.73 Å². The second-order valence-electron chi connectivity index (χ2n) is 6.56. The Morgan fingerprint density at radius 3 is 2.58 bits per heavy atom.